The van der Waals surface area contributed by atoms with Crippen LogP contribution in [-0.2, 0) is 9.47 Å². The van der Waals surface area contributed by atoms with Crippen molar-refractivity contribution in [3.8, 4) is 28.4 Å². The molecule has 186 valence electrons. The van der Waals surface area contributed by atoms with Crippen LogP contribution in [0.5, 0.6) is 6.01 Å². The number of pyridine rings is 1. The molecule has 4 atom stereocenters. The zero-order valence-corrected chi connectivity index (χ0v) is 20.9. The van der Waals surface area contributed by atoms with Crippen molar-refractivity contribution in [3.63, 3.8) is 0 Å². The SMILES string of the molecule is CC(C)(O)CC1CO[C@H]2[C@@H]1OC[C@H]2Oc1nc2nc(-c3ccc(-c4ccccc4)cc3)c(Cl)cc2[nH]1. The van der Waals surface area contributed by atoms with Gasteiger partial charge in [-0.1, -0.05) is 66.2 Å². The molecule has 4 aromatic rings. The molecule has 2 N–H and O–H groups in total. The van der Waals surface area contributed by atoms with Gasteiger partial charge in [-0.15, -0.1) is 0 Å². The van der Waals surface area contributed by atoms with Crippen molar-refractivity contribution in [1.82, 2.24) is 15.0 Å². The lowest BCUT2D eigenvalue weighted by atomic mass is 9.89. The molecule has 7 nitrogen and oxygen atoms in total. The lowest BCUT2D eigenvalue weighted by Gasteiger charge is -2.23. The standard InChI is InChI=1S/C28H28ClN3O4/c1-28(2,33)13-19-14-34-25-22(15-35-24(19)25)36-27-30-21-12-20(29)23(31-26(21)32-27)18-10-8-17(9-11-18)16-6-4-3-5-7-16/h3-12,19,22,24-25,33H,13-15H2,1-2H3,(H,30,31,32)/t19?,22-,24-,25-/m1/s1. The second-order valence-corrected chi connectivity index (χ2v) is 10.6. The van der Waals surface area contributed by atoms with Crippen LogP contribution in [0.2, 0.25) is 5.02 Å². The van der Waals surface area contributed by atoms with Gasteiger partial charge in [0.2, 0.25) is 0 Å². The Bertz CT molecular complexity index is 1370. The molecule has 2 aromatic carbocycles. The van der Waals surface area contributed by atoms with E-state index < -0.39 is 5.60 Å². The van der Waals surface area contributed by atoms with E-state index >= 15 is 0 Å². The highest BCUT2D eigenvalue weighted by atomic mass is 35.5. The molecule has 6 rings (SSSR count). The largest absolute Gasteiger partial charge is 0.456 e. The zero-order valence-electron chi connectivity index (χ0n) is 20.1. The van der Waals surface area contributed by atoms with Crippen molar-refractivity contribution in [2.24, 2.45) is 5.92 Å². The number of fused-ring (bicyclic) bond motifs is 2. The van der Waals surface area contributed by atoms with E-state index in [9.17, 15) is 5.11 Å². The van der Waals surface area contributed by atoms with Gasteiger partial charge in [0.1, 0.15) is 6.10 Å². The number of H-pyrrole nitrogens is 1. The molecule has 2 aliphatic rings. The van der Waals surface area contributed by atoms with Crippen molar-refractivity contribution in [1.29, 1.82) is 0 Å². The molecule has 8 heteroatoms. The number of nitrogens with zero attached hydrogens (tertiary/aromatic N) is 2. The Morgan fingerprint density at radius 3 is 2.42 bits per heavy atom. The molecule has 4 heterocycles. The van der Waals surface area contributed by atoms with Crippen LogP contribution in [0, 0.1) is 5.92 Å². The molecule has 0 bridgehead atoms. The third-order valence-corrected chi connectivity index (χ3v) is 7.09. The van der Waals surface area contributed by atoms with Gasteiger partial charge in [0, 0.05) is 11.5 Å². The summed E-state index contributed by atoms with van der Waals surface area (Å²) in [5.74, 6) is 0.135. The van der Waals surface area contributed by atoms with Crippen LogP contribution in [0.15, 0.2) is 60.7 Å². The minimum atomic E-state index is -0.769. The van der Waals surface area contributed by atoms with Gasteiger partial charge in [-0.2, -0.15) is 4.98 Å². The summed E-state index contributed by atoms with van der Waals surface area (Å²) in [5, 5.41) is 10.7. The fourth-order valence-corrected chi connectivity index (χ4v) is 5.47. The average Bonchev–Trinajstić information content (AvgIpc) is 3.55. The summed E-state index contributed by atoms with van der Waals surface area (Å²) in [6, 6.07) is 20.6. The first-order valence-corrected chi connectivity index (χ1v) is 12.6. The van der Waals surface area contributed by atoms with E-state index in [-0.39, 0.29) is 24.2 Å². The van der Waals surface area contributed by atoms with Crippen molar-refractivity contribution < 1.29 is 19.3 Å². The van der Waals surface area contributed by atoms with Crippen LogP contribution in [0.25, 0.3) is 33.5 Å². The molecule has 2 saturated heterocycles. The maximum atomic E-state index is 10.2. The second-order valence-electron chi connectivity index (χ2n) is 10.2. The van der Waals surface area contributed by atoms with Gasteiger partial charge in [0.15, 0.2) is 11.8 Å². The van der Waals surface area contributed by atoms with Crippen LogP contribution >= 0.6 is 11.6 Å². The normalized spacial score (nSPS) is 23.8. The maximum absolute atomic E-state index is 10.2. The van der Waals surface area contributed by atoms with Gasteiger partial charge >= 0.3 is 0 Å². The highest BCUT2D eigenvalue weighted by molar-refractivity contribution is 6.33. The Kier molecular flexibility index (Phi) is 5.96. The molecule has 0 radical (unpaired) electrons. The quantitative estimate of drug-likeness (QED) is 0.371. The molecule has 0 spiro atoms. The van der Waals surface area contributed by atoms with E-state index in [1.165, 1.54) is 0 Å². The minimum Gasteiger partial charge on any atom is -0.456 e. The average molecular weight is 506 g/mol. The summed E-state index contributed by atoms with van der Waals surface area (Å²) < 4.78 is 18.1. The Labute approximate surface area is 214 Å². The topological polar surface area (TPSA) is 89.5 Å². The number of benzene rings is 2. The van der Waals surface area contributed by atoms with Gasteiger partial charge in [-0.3, -0.25) is 0 Å². The molecule has 1 unspecified atom stereocenters. The maximum Gasteiger partial charge on any atom is 0.296 e. The smallest absolute Gasteiger partial charge is 0.296 e. The van der Waals surface area contributed by atoms with Crippen LogP contribution < -0.4 is 4.74 Å². The van der Waals surface area contributed by atoms with E-state index in [2.05, 4.69) is 34.2 Å². The Morgan fingerprint density at radius 1 is 0.972 bits per heavy atom. The molecule has 2 fully saturated rings. The second kappa shape index (κ2) is 9.16. The highest BCUT2D eigenvalue weighted by Gasteiger charge is 2.50. The predicted octanol–water partition coefficient (Wildman–Crippen LogP) is 5.27. The number of aromatic amines is 1. The van der Waals surface area contributed by atoms with Crippen LogP contribution in [-0.4, -0.2) is 57.2 Å². The number of halogens is 1. The van der Waals surface area contributed by atoms with Crippen LogP contribution in [0.1, 0.15) is 20.3 Å². The summed E-state index contributed by atoms with van der Waals surface area (Å²) in [5.41, 5.74) is 4.32. The lowest BCUT2D eigenvalue weighted by Crippen LogP contribution is -2.35. The van der Waals surface area contributed by atoms with E-state index in [0.717, 1.165) is 16.7 Å². The minimum absolute atomic E-state index is 0.0937. The number of aliphatic hydroxyl groups is 1. The fourth-order valence-electron chi connectivity index (χ4n) is 5.21. The first-order chi connectivity index (χ1) is 17.3. The molecule has 0 saturated carbocycles. The molecular formula is C28H28ClN3O4. The molecule has 2 aromatic heterocycles. The van der Waals surface area contributed by atoms with E-state index in [0.29, 0.717) is 47.5 Å². The first-order valence-electron chi connectivity index (χ1n) is 12.2. The van der Waals surface area contributed by atoms with Gasteiger partial charge < -0.3 is 24.3 Å². The number of imidazole rings is 1. The first kappa shape index (κ1) is 23.4. The number of aromatic nitrogens is 3. The Balaban J connectivity index is 1.20. The summed E-state index contributed by atoms with van der Waals surface area (Å²) in [6.07, 6.45) is 0.0377. The van der Waals surface area contributed by atoms with Crippen molar-refractivity contribution in [3.05, 3.63) is 65.7 Å². The molecule has 0 aliphatic carbocycles. The predicted molar refractivity (Wildman–Crippen MR) is 138 cm³/mol. The van der Waals surface area contributed by atoms with Gasteiger partial charge in [0.05, 0.1) is 41.2 Å². The van der Waals surface area contributed by atoms with Gasteiger partial charge in [-0.05, 0) is 37.5 Å². The molecule has 0 amide bonds. The van der Waals surface area contributed by atoms with Crippen molar-refractivity contribution in [2.75, 3.05) is 13.2 Å². The van der Waals surface area contributed by atoms with Gasteiger partial charge in [0.25, 0.3) is 6.01 Å². The van der Waals surface area contributed by atoms with E-state index in [1.54, 1.807) is 0 Å². The summed E-state index contributed by atoms with van der Waals surface area (Å²) in [7, 11) is 0. The van der Waals surface area contributed by atoms with Crippen LogP contribution in [0.3, 0.4) is 0 Å². The fraction of sp³-hybridized carbons (Fsp3) is 0.357. The number of ether oxygens (including phenoxy) is 3. The highest BCUT2D eigenvalue weighted by Crippen LogP contribution is 2.37. The summed E-state index contributed by atoms with van der Waals surface area (Å²) in [6.45, 7) is 4.56. The molecule has 2 aliphatic heterocycles. The molecule has 36 heavy (non-hydrogen) atoms. The number of rotatable bonds is 6. The third kappa shape index (κ3) is 4.60. The number of hydrogen-bond donors (Lipinski definition) is 2. The Morgan fingerprint density at radius 2 is 1.67 bits per heavy atom. The third-order valence-electron chi connectivity index (χ3n) is 6.81. The zero-order chi connectivity index (χ0) is 24.9. The van der Waals surface area contributed by atoms with Crippen molar-refractivity contribution in [2.45, 2.75) is 44.2 Å². The Hall–Kier alpha value is -2.97. The number of nitrogens with one attached hydrogen (secondary N) is 1. The molecular weight excluding hydrogens is 478 g/mol. The summed E-state index contributed by atoms with van der Waals surface area (Å²) >= 11 is 6.60. The van der Waals surface area contributed by atoms with E-state index in [4.69, 9.17) is 30.8 Å². The summed E-state index contributed by atoms with van der Waals surface area (Å²) in [4.78, 5) is 12.5. The van der Waals surface area contributed by atoms with Gasteiger partial charge in [-0.25, -0.2) is 4.98 Å². The van der Waals surface area contributed by atoms with Crippen molar-refractivity contribution >= 4 is 22.8 Å². The monoisotopic (exact) mass is 505 g/mol. The number of hydrogen-bond acceptors (Lipinski definition) is 6. The van der Waals surface area contributed by atoms with E-state index in [1.807, 2.05) is 50.2 Å². The van der Waals surface area contributed by atoms with Crippen LogP contribution in [0.4, 0.5) is 0 Å². The lowest BCUT2D eigenvalue weighted by molar-refractivity contribution is 0.00655.